The minimum Gasteiger partial charge on any atom is -0.491 e. The molecule has 11 unspecified atom stereocenters. The molecule has 0 bridgehead atoms. The molecule has 0 spiro atoms. The van der Waals surface area contributed by atoms with Gasteiger partial charge in [-0.05, 0) is 153 Å². The summed E-state index contributed by atoms with van der Waals surface area (Å²) in [6.07, 6.45) is 10.1. The molecule has 370 valence electrons. The van der Waals surface area contributed by atoms with Gasteiger partial charge in [-0.2, -0.15) is 0 Å². The van der Waals surface area contributed by atoms with E-state index in [4.69, 9.17) is 21.1 Å². The van der Waals surface area contributed by atoms with E-state index in [0.717, 1.165) is 70.0 Å². The van der Waals surface area contributed by atoms with Crippen molar-refractivity contribution in [3.63, 3.8) is 0 Å². The molecule has 1 aromatic rings. The van der Waals surface area contributed by atoms with Crippen LogP contribution in [0.3, 0.4) is 0 Å². The number of morpholine rings is 1. The van der Waals surface area contributed by atoms with Gasteiger partial charge in [0.2, 0.25) is 5.91 Å². The summed E-state index contributed by atoms with van der Waals surface area (Å²) >= 11 is 6.35. The lowest BCUT2D eigenvalue weighted by atomic mass is 9.35. The summed E-state index contributed by atoms with van der Waals surface area (Å²) in [7, 11) is 0. The topological polar surface area (TPSA) is 151 Å². The van der Waals surface area contributed by atoms with Crippen LogP contribution in [0.15, 0.2) is 29.3 Å². The number of halogens is 1. The molecule has 1 aliphatic heterocycles. The number of carbonyl (C=O) groups excluding carboxylic acids is 4. The molecule has 5 saturated carbocycles. The molecule has 11 atom stereocenters. The van der Waals surface area contributed by atoms with Gasteiger partial charge >= 0.3 is 5.97 Å². The fraction of sp³-hybridized carbons (Fsp3) is 0.764. The van der Waals surface area contributed by atoms with Crippen molar-refractivity contribution < 1.29 is 38.6 Å². The third-order valence-corrected chi connectivity index (χ3v) is 19.8. The van der Waals surface area contributed by atoms with Crippen molar-refractivity contribution in [2.45, 2.75) is 145 Å². The normalized spacial score (nSPS) is 36.0. The van der Waals surface area contributed by atoms with Gasteiger partial charge in [-0.1, -0.05) is 65.6 Å². The number of nitrogens with one attached hydrogen (secondary N) is 2. The van der Waals surface area contributed by atoms with Crippen molar-refractivity contribution in [3.8, 4) is 5.75 Å². The van der Waals surface area contributed by atoms with E-state index in [0.29, 0.717) is 85.6 Å². The molecule has 2 amide bonds. The summed E-state index contributed by atoms with van der Waals surface area (Å²) in [4.78, 5) is 69.9. The summed E-state index contributed by atoms with van der Waals surface area (Å²) in [5.74, 6) is 1.25. The van der Waals surface area contributed by atoms with E-state index in [1.165, 1.54) is 5.57 Å². The van der Waals surface area contributed by atoms with E-state index >= 15 is 0 Å². The number of allylic oxidation sites excluding steroid dienone is 2. The van der Waals surface area contributed by atoms with Gasteiger partial charge in [0.05, 0.1) is 30.2 Å². The largest absolute Gasteiger partial charge is 0.491 e. The minimum absolute atomic E-state index is 0.00588. The second-order valence-electron chi connectivity index (χ2n) is 24.5. The average Bonchev–Trinajstić information content (AvgIpc) is 3.55. The molecule has 1 aromatic carbocycles. The molecule has 1 heterocycles. The number of ether oxygens (including phenoxy) is 2. The van der Waals surface area contributed by atoms with Gasteiger partial charge < -0.3 is 25.2 Å². The molecule has 6 fully saturated rings. The first kappa shape index (κ1) is 50.1. The van der Waals surface area contributed by atoms with Gasteiger partial charge in [-0.15, -0.1) is 0 Å². The van der Waals surface area contributed by atoms with Crippen LogP contribution < -0.4 is 15.4 Å². The number of Topliss-reactive ketones (excluding diaryl/α,β-unsaturated/α-hetero) is 2. The Balaban J connectivity index is 0.925. The smallest absolute Gasteiger partial charge is 0.306 e. The third-order valence-electron chi connectivity index (χ3n) is 19.6. The fourth-order valence-corrected chi connectivity index (χ4v) is 16.2. The Hall–Kier alpha value is -3.28. The predicted molar refractivity (Wildman–Crippen MR) is 260 cm³/mol. The van der Waals surface area contributed by atoms with Crippen molar-refractivity contribution >= 4 is 41.0 Å². The van der Waals surface area contributed by atoms with Gasteiger partial charge in [0.15, 0.2) is 5.78 Å². The maximum absolute atomic E-state index is 14.2. The number of rotatable bonds is 15. The molecule has 0 radical (unpaired) electrons. The van der Waals surface area contributed by atoms with Gasteiger partial charge in [0, 0.05) is 61.8 Å². The lowest BCUT2D eigenvalue weighted by molar-refractivity contribution is -0.193. The van der Waals surface area contributed by atoms with Crippen molar-refractivity contribution in [2.75, 3.05) is 46.0 Å². The van der Waals surface area contributed by atoms with Gasteiger partial charge in [0.25, 0.3) is 5.91 Å². The number of hydrogen-bond donors (Lipinski definition) is 3. The van der Waals surface area contributed by atoms with E-state index in [2.05, 4.69) is 57.1 Å². The number of fused-ring (bicyclic) bond motifs is 7. The number of ketones is 2. The third kappa shape index (κ3) is 9.30. The maximum atomic E-state index is 14.2. The predicted octanol–water partition coefficient (Wildman–Crippen LogP) is 9.59. The van der Waals surface area contributed by atoms with Crippen molar-refractivity contribution in [1.82, 2.24) is 15.5 Å². The van der Waals surface area contributed by atoms with Crippen LogP contribution in [0.1, 0.15) is 150 Å². The Kier molecular flexibility index (Phi) is 14.1. The van der Waals surface area contributed by atoms with Crippen LogP contribution in [-0.4, -0.2) is 90.9 Å². The monoisotopic (exact) mass is 946 g/mol. The number of carbonyl (C=O) groups is 5. The molecule has 3 N–H and O–H groups in total. The van der Waals surface area contributed by atoms with E-state index in [1.54, 1.807) is 18.2 Å². The molecule has 8 rings (SSSR count). The molecular formula is C55H80ClN3O8. The molecule has 67 heavy (non-hydrogen) atoms. The highest BCUT2D eigenvalue weighted by Gasteiger charge is 2.66. The SMILES string of the molecule is CC(C)C1=C2C3CCC4C(C)(CCC5C(C)(C)C(CC(=O)C6CC(C(=O)O)C6C)CCC54C)C3CCC2(CC(=O)NCC(C)(C)NC(=O)c2ccc(Cl)cc2OCCN2CCOCC2)CC1=O. The first-order valence-electron chi connectivity index (χ1n) is 25.9. The highest BCUT2D eigenvalue weighted by molar-refractivity contribution is 6.30. The van der Waals surface area contributed by atoms with E-state index < -0.39 is 22.8 Å². The Morgan fingerprint density at radius 2 is 1.67 bits per heavy atom. The van der Waals surface area contributed by atoms with E-state index in [1.807, 2.05) is 20.8 Å². The average molecular weight is 947 g/mol. The number of carboxylic acid groups (broad SMARTS) is 1. The second kappa shape index (κ2) is 18.8. The summed E-state index contributed by atoms with van der Waals surface area (Å²) in [6, 6.07) is 5.03. The summed E-state index contributed by atoms with van der Waals surface area (Å²) in [5, 5.41) is 16.4. The first-order chi connectivity index (χ1) is 31.5. The number of benzene rings is 1. The van der Waals surface area contributed by atoms with Gasteiger partial charge in [-0.3, -0.25) is 28.9 Å². The van der Waals surface area contributed by atoms with Crippen molar-refractivity contribution in [1.29, 1.82) is 0 Å². The standard InChI is InChI=1S/C55H80ClN3O8/c1-32(2)47-42(61)29-55(30-46(62)57-31-51(4,5)58-49(63)37-11-10-35(56)27-43(37)67-25-22-59-20-23-66-24-21-59)19-15-40-36(48(47)55)12-13-45-53(40,8)18-16-44-52(6,7)34(14-17-54(44,45)9)26-41(60)38-28-39(33(38)3)50(64)65/h10-11,27,32-34,36,38-40,44-45H,12-26,28-31H2,1-9H3,(H,57,62)(H,58,63)(H,64,65). The van der Waals surface area contributed by atoms with E-state index in [-0.39, 0.29) is 76.3 Å². The Morgan fingerprint density at radius 3 is 2.36 bits per heavy atom. The fourth-order valence-electron chi connectivity index (χ4n) is 16.0. The molecule has 6 aliphatic carbocycles. The summed E-state index contributed by atoms with van der Waals surface area (Å²) in [5.41, 5.74) is 1.61. The van der Waals surface area contributed by atoms with Crippen molar-refractivity contribution in [3.05, 3.63) is 39.9 Å². The lowest BCUT2D eigenvalue weighted by Gasteiger charge is -2.69. The van der Waals surface area contributed by atoms with Crippen LogP contribution in [0.25, 0.3) is 0 Å². The molecule has 1 saturated heterocycles. The number of aliphatic carboxylic acids is 1. The highest BCUT2D eigenvalue weighted by atomic mass is 35.5. The molecule has 0 aromatic heterocycles. The van der Waals surface area contributed by atoms with Gasteiger partial charge in [0.1, 0.15) is 18.1 Å². The zero-order valence-electron chi connectivity index (χ0n) is 42.0. The Bertz CT molecular complexity index is 2140. The van der Waals surface area contributed by atoms with Crippen LogP contribution >= 0.6 is 11.6 Å². The van der Waals surface area contributed by atoms with Crippen LogP contribution in [-0.2, 0) is 23.9 Å². The van der Waals surface area contributed by atoms with E-state index in [9.17, 15) is 29.1 Å². The van der Waals surface area contributed by atoms with Gasteiger partial charge in [-0.25, -0.2) is 0 Å². The Labute approximate surface area is 405 Å². The zero-order valence-corrected chi connectivity index (χ0v) is 42.7. The number of carboxylic acids is 1. The number of hydrogen-bond acceptors (Lipinski definition) is 8. The summed E-state index contributed by atoms with van der Waals surface area (Å²) in [6.45, 7) is 24.4. The number of amides is 2. The van der Waals surface area contributed by atoms with Crippen LogP contribution in [0.4, 0.5) is 0 Å². The molecular weight excluding hydrogens is 866 g/mol. The quantitative estimate of drug-likeness (QED) is 0.156. The first-order valence-corrected chi connectivity index (χ1v) is 26.2. The van der Waals surface area contributed by atoms with Crippen LogP contribution in [0.5, 0.6) is 5.75 Å². The molecule has 12 heteroatoms. The number of nitrogens with zero attached hydrogens (tertiary/aromatic N) is 1. The van der Waals surface area contributed by atoms with Crippen molar-refractivity contribution in [2.24, 2.45) is 74.9 Å². The highest BCUT2D eigenvalue weighted by Crippen LogP contribution is 2.74. The Morgan fingerprint density at radius 1 is 0.955 bits per heavy atom. The minimum atomic E-state index is -0.786. The zero-order chi connectivity index (χ0) is 48.4. The summed E-state index contributed by atoms with van der Waals surface area (Å²) < 4.78 is 11.6. The molecule has 11 nitrogen and oxygen atoms in total. The van der Waals surface area contributed by atoms with Crippen LogP contribution in [0.2, 0.25) is 5.02 Å². The lowest BCUT2D eigenvalue weighted by Crippen LogP contribution is -2.62. The maximum Gasteiger partial charge on any atom is 0.306 e. The molecule has 7 aliphatic rings. The second-order valence-corrected chi connectivity index (χ2v) is 24.9. The van der Waals surface area contributed by atoms with Crippen LogP contribution in [0, 0.1) is 74.9 Å².